The number of urea groups is 1. The van der Waals surface area contributed by atoms with E-state index >= 15 is 0 Å². The minimum atomic E-state index is -1.14. The first-order valence-electron chi connectivity index (χ1n) is 9.21. The number of amides is 3. The van der Waals surface area contributed by atoms with Crippen LogP contribution in [-0.4, -0.2) is 44.8 Å². The van der Waals surface area contributed by atoms with Crippen molar-refractivity contribution in [2.24, 2.45) is 0 Å². The van der Waals surface area contributed by atoms with Gasteiger partial charge in [0.1, 0.15) is 23.6 Å². The maximum Gasteiger partial charge on any atom is 0.329 e. The number of methoxy groups -OCH3 is 2. The molecule has 1 aliphatic heterocycles. The van der Waals surface area contributed by atoms with E-state index in [2.05, 4.69) is 5.32 Å². The van der Waals surface area contributed by atoms with Crippen LogP contribution in [0.4, 0.5) is 4.79 Å². The molecule has 1 unspecified atom stereocenters. The summed E-state index contributed by atoms with van der Waals surface area (Å²) in [6, 6.07) is 12.1. The molecule has 1 aliphatic rings. The molecule has 0 saturated carbocycles. The molecule has 0 radical (unpaired) electrons. The molecule has 2 atom stereocenters. The van der Waals surface area contributed by atoms with E-state index in [-0.39, 0.29) is 12.6 Å². The van der Waals surface area contributed by atoms with Gasteiger partial charge in [-0.2, -0.15) is 0 Å². The lowest BCUT2D eigenvalue weighted by molar-refractivity contribution is -0.901. The van der Waals surface area contributed by atoms with Crippen LogP contribution in [-0.2, 0) is 16.9 Å². The van der Waals surface area contributed by atoms with E-state index in [1.165, 1.54) is 4.90 Å². The number of imide groups is 1. The third kappa shape index (κ3) is 4.16. The highest BCUT2D eigenvalue weighted by Gasteiger charge is 2.50. The Kier molecular flexibility index (Phi) is 6.00. The summed E-state index contributed by atoms with van der Waals surface area (Å²) in [5.74, 6) is 1.04. The zero-order chi connectivity index (χ0) is 21.2. The third-order valence-electron chi connectivity index (χ3n) is 5.08. The maximum atomic E-state index is 13.1. The molecule has 2 N–H and O–H groups in total. The molecule has 3 rings (SSSR count). The van der Waals surface area contributed by atoms with Crippen LogP contribution in [0.3, 0.4) is 0 Å². The summed E-state index contributed by atoms with van der Waals surface area (Å²) >= 11 is 6.10. The number of quaternary nitrogens is 1. The van der Waals surface area contributed by atoms with Crippen LogP contribution in [0.15, 0.2) is 42.5 Å². The first-order chi connectivity index (χ1) is 13.8. The van der Waals surface area contributed by atoms with Gasteiger partial charge in [0.05, 0.1) is 21.3 Å². The van der Waals surface area contributed by atoms with Crippen LogP contribution >= 0.6 is 11.6 Å². The van der Waals surface area contributed by atoms with E-state index < -0.39 is 11.6 Å². The number of hydrogen-bond donors (Lipinski definition) is 2. The van der Waals surface area contributed by atoms with Gasteiger partial charge >= 0.3 is 6.03 Å². The molecule has 2 aromatic rings. The van der Waals surface area contributed by atoms with Crippen molar-refractivity contribution in [3.63, 3.8) is 0 Å². The van der Waals surface area contributed by atoms with Gasteiger partial charge in [-0.1, -0.05) is 23.7 Å². The number of nitrogens with one attached hydrogen (secondary N) is 2. The van der Waals surface area contributed by atoms with Gasteiger partial charge in [-0.05, 0) is 42.8 Å². The second kappa shape index (κ2) is 8.31. The number of rotatable bonds is 7. The SMILES string of the molecule is COc1cccc([C@@]2(C)NC(=O)N(C[NH+](C)Cc3cc(Cl)ccc3OC)C2=O)c1. The molecule has 2 aromatic carbocycles. The van der Waals surface area contributed by atoms with E-state index in [1.54, 1.807) is 57.5 Å². The quantitative estimate of drug-likeness (QED) is 0.672. The Hall–Kier alpha value is -2.77. The number of nitrogens with zero attached hydrogens (tertiary/aromatic N) is 1. The third-order valence-corrected chi connectivity index (χ3v) is 5.32. The summed E-state index contributed by atoms with van der Waals surface area (Å²) in [4.78, 5) is 27.9. The lowest BCUT2D eigenvalue weighted by Gasteiger charge is -2.24. The zero-order valence-corrected chi connectivity index (χ0v) is 17.7. The van der Waals surface area contributed by atoms with E-state index in [9.17, 15) is 9.59 Å². The fourth-order valence-corrected chi connectivity index (χ4v) is 3.70. The summed E-state index contributed by atoms with van der Waals surface area (Å²) in [6.45, 7) is 2.45. The fraction of sp³-hybridized carbons (Fsp3) is 0.333. The molecule has 1 saturated heterocycles. The molecule has 7 nitrogen and oxygen atoms in total. The molecule has 1 fully saturated rings. The summed E-state index contributed by atoms with van der Waals surface area (Å²) < 4.78 is 10.6. The first kappa shape index (κ1) is 21.0. The van der Waals surface area contributed by atoms with Crippen molar-refractivity contribution >= 4 is 23.5 Å². The number of ether oxygens (including phenoxy) is 2. The summed E-state index contributed by atoms with van der Waals surface area (Å²) in [5.41, 5.74) is 0.437. The molecule has 1 heterocycles. The summed E-state index contributed by atoms with van der Waals surface area (Å²) in [5, 5.41) is 3.43. The minimum Gasteiger partial charge on any atom is -0.497 e. The van der Waals surface area contributed by atoms with Crippen LogP contribution < -0.4 is 19.7 Å². The van der Waals surface area contributed by atoms with Gasteiger partial charge in [0.25, 0.3) is 5.91 Å². The van der Waals surface area contributed by atoms with Crippen molar-refractivity contribution in [1.82, 2.24) is 10.2 Å². The van der Waals surface area contributed by atoms with Gasteiger partial charge in [0.15, 0.2) is 6.67 Å². The first-order valence-corrected chi connectivity index (χ1v) is 9.58. The van der Waals surface area contributed by atoms with Crippen molar-refractivity contribution in [2.75, 3.05) is 27.9 Å². The van der Waals surface area contributed by atoms with Crippen molar-refractivity contribution in [2.45, 2.75) is 19.0 Å². The average molecular weight is 419 g/mol. The van der Waals surface area contributed by atoms with Crippen molar-refractivity contribution < 1.29 is 24.0 Å². The largest absolute Gasteiger partial charge is 0.497 e. The number of hydrogen-bond acceptors (Lipinski definition) is 4. The number of carbonyl (C=O) groups excluding carboxylic acids is 2. The fourth-order valence-electron chi connectivity index (χ4n) is 3.51. The van der Waals surface area contributed by atoms with Gasteiger partial charge in [-0.3, -0.25) is 4.79 Å². The number of benzene rings is 2. The molecule has 29 heavy (non-hydrogen) atoms. The predicted octanol–water partition coefficient (Wildman–Crippen LogP) is 1.80. The topological polar surface area (TPSA) is 72.3 Å². The molecule has 0 aliphatic carbocycles. The van der Waals surface area contributed by atoms with Crippen LogP contribution in [0, 0.1) is 0 Å². The molecule has 3 amide bonds. The summed E-state index contributed by atoms with van der Waals surface area (Å²) in [7, 11) is 5.06. The zero-order valence-electron chi connectivity index (χ0n) is 16.9. The second-order valence-corrected chi connectivity index (χ2v) is 7.70. The standard InChI is InChI=1S/C21H24ClN3O4/c1-21(15-6-5-7-17(11-15)28-3)19(26)25(20(27)23-21)13-24(2)12-14-10-16(22)8-9-18(14)29-4/h5-11H,12-13H2,1-4H3,(H,23,27)/p+1/t21-/m1/s1. The lowest BCUT2D eigenvalue weighted by atomic mass is 9.92. The van der Waals surface area contributed by atoms with Gasteiger partial charge in [-0.15, -0.1) is 0 Å². The smallest absolute Gasteiger partial charge is 0.329 e. The lowest BCUT2D eigenvalue weighted by Crippen LogP contribution is -3.09. The highest BCUT2D eigenvalue weighted by molar-refractivity contribution is 6.30. The Labute approximate surface area is 175 Å². The molecule has 8 heteroatoms. The van der Waals surface area contributed by atoms with Crippen LogP contribution in [0.1, 0.15) is 18.1 Å². The molecule has 0 bridgehead atoms. The van der Waals surface area contributed by atoms with Crippen molar-refractivity contribution in [3.8, 4) is 11.5 Å². The Bertz CT molecular complexity index is 936. The number of halogens is 1. The Morgan fingerprint density at radius 3 is 2.59 bits per heavy atom. The van der Waals surface area contributed by atoms with Crippen LogP contribution in [0.25, 0.3) is 0 Å². The minimum absolute atomic E-state index is 0.208. The Morgan fingerprint density at radius 1 is 1.14 bits per heavy atom. The van der Waals surface area contributed by atoms with E-state index in [1.807, 2.05) is 13.1 Å². The highest BCUT2D eigenvalue weighted by atomic mass is 35.5. The van der Waals surface area contributed by atoms with Crippen LogP contribution in [0.5, 0.6) is 11.5 Å². The number of carbonyl (C=O) groups is 2. The van der Waals surface area contributed by atoms with E-state index in [0.29, 0.717) is 28.6 Å². The van der Waals surface area contributed by atoms with Gasteiger partial charge in [0, 0.05) is 10.6 Å². The monoisotopic (exact) mass is 418 g/mol. The molecular weight excluding hydrogens is 394 g/mol. The van der Waals surface area contributed by atoms with Gasteiger partial charge < -0.3 is 19.7 Å². The second-order valence-electron chi connectivity index (χ2n) is 7.27. The molecule has 0 aromatic heterocycles. The van der Waals surface area contributed by atoms with Gasteiger partial charge in [-0.25, -0.2) is 9.69 Å². The van der Waals surface area contributed by atoms with Crippen molar-refractivity contribution in [1.29, 1.82) is 0 Å². The molecular formula is C21H25ClN3O4+. The van der Waals surface area contributed by atoms with Crippen molar-refractivity contribution in [3.05, 3.63) is 58.6 Å². The van der Waals surface area contributed by atoms with E-state index in [4.69, 9.17) is 21.1 Å². The van der Waals surface area contributed by atoms with E-state index in [0.717, 1.165) is 10.5 Å². The van der Waals surface area contributed by atoms with Gasteiger partial charge in [0.2, 0.25) is 0 Å². The summed E-state index contributed by atoms with van der Waals surface area (Å²) in [6.07, 6.45) is 0. The molecule has 0 spiro atoms. The highest BCUT2D eigenvalue weighted by Crippen LogP contribution is 2.30. The predicted molar refractivity (Wildman–Crippen MR) is 109 cm³/mol. The Balaban J connectivity index is 1.77. The van der Waals surface area contributed by atoms with Crippen LogP contribution in [0.2, 0.25) is 5.02 Å². The average Bonchev–Trinajstić information content (AvgIpc) is 2.92. The maximum absolute atomic E-state index is 13.1. The Morgan fingerprint density at radius 2 is 1.90 bits per heavy atom. The normalized spacial score (nSPS) is 19.8. The molecule has 154 valence electrons.